The van der Waals surface area contributed by atoms with E-state index in [2.05, 4.69) is 20.8 Å². The predicted octanol–water partition coefficient (Wildman–Crippen LogP) is 2.79. The molecule has 8 heteroatoms. The number of carbonyl (C=O) groups excluding carboxylic acids is 2. The third-order valence-electron chi connectivity index (χ3n) is 4.20. The number of ether oxygens (including phenoxy) is 1. The standard InChI is InChI=1S/C17H18N4O3S/c22-14(19-17-21-20-16(25-17)10-6-7-10)11-3-1-4-12(9-11)18-15(23)13-5-2-8-24-13/h1,3-4,9-10,13H,2,5-8H2,(H,18,23)(H,19,21,22). The van der Waals surface area contributed by atoms with Crippen molar-refractivity contribution in [3.05, 3.63) is 34.8 Å². The Hall–Kier alpha value is -2.32. The van der Waals surface area contributed by atoms with Gasteiger partial charge in [-0.25, -0.2) is 0 Å². The lowest BCUT2D eigenvalue weighted by atomic mass is 10.1. The predicted molar refractivity (Wildman–Crippen MR) is 93.9 cm³/mol. The number of carbonyl (C=O) groups is 2. The Bertz CT molecular complexity index is 797. The molecule has 1 aliphatic heterocycles. The maximum absolute atomic E-state index is 12.4. The Morgan fingerprint density at radius 1 is 1.16 bits per heavy atom. The van der Waals surface area contributed by atoms with Gasteiger partial charge in [0.25, 0.3) is 11.8 Å². The molecule has 1 aromatic heterocycles. The van der Waals surface area contributed by atoms with E-state index in [-0.39, 0.29) is 11.8 Å². The summed E-state index contributed by atoms with van der Waals surface area (Å²) in [5, 5.41) is 15.2. The lowest BCUT2D eigenvalue weighted by Gasteiger charge is -2.11. The number of amides is 2. The van der Waals surface area contributed by atoms with Crippen molar-refractivity contribution in [3.8, 4) is 0 Å². The second kappa shape index (κ2) is 6.89. The first kappa shape index (κ1) is 16.2. The lowest BCUT2D eigenvalue weighted by Crippen LogP contribution is -2.27. The molecule has 2 heterocycles. The van der Waals surface area contributed by atoms with Crippen LogP contribution in [0.2, 0.25) is 0 Å². The van der Waals surface area contributed by atoms with Gasteiger partial charge in [0, 0.05) is 23.8 Å². The number of rotatable bonds is 5. The van der Waals surface area contributed by atoms with E-state index in [1.54, 1.807) is 24.3 Å². The van der Waals surface area contributed by atoms with Crippen molar-refractivity contribution in [1.29, 1.82) is 0 Å². The maximum atomic E-state index is 12.4. The first-order valence-corrected chi connectivity index (χ1v) is 9.18. The van der Waals surface area contributed by atoms with Gasteiger partial charge < -0.3 is 10.1 Å². The monoisotopic (exact) mass is 358 g/mol. The first-order chi connectivity index (χ1) is 12.2. The van der Waals surface area contributed by atoms with Crippen LogP contribution >= 0.6 is 11.3 Å². The summed E-state index contributed by atoms with van der Waals surface area (Å²) < 4.78 is 5.37. The zero-order chi connectivity index (χ0) is 17.2. The highest BCUT2D eigenvalue weighted by Gasteiger charge is 2.28. The van der Waals surface area contributed by atoms with Gasteiger partial charge >= 0.3 is 0 Å². The molecule has 1 aliphatic carbocycles. The highest BCUT2D eigenvalue weighted by atomic mass is 32.1. The molecule has 25 heavy (non-hydrogen) atoms. The van der Waals surface area contributed by atoms with E-state index in [0.29, 0.717) is 28.9 Å². The van der Waals surface area contributed by atoms with Gasteiger partial charge in [-0.3, -0.25) is 14.9 Å². The van der Waals surface area contributed by atoms with Gasteiger partial charge in [-0.1, -0.05) is 17.4 Å². The summed E-state index contributed by atoms with van der Waals surface area (Å²) in [6.45, 7) is 0.616. The van der Waals surface area contributed by atoms with Crippen molar-refractivity contribution in [2.75, 3.05) is 17.2 Å². The van der Waals surface area contributed by atoms with Crippen LogP contribution in [-0.2, 0) is 9.53 Å². The van der Waals surface area contributed by atoms with Crippen LogP contribution < -0.4 is 10.6 Å². The molecule has 7 nitrogen and oxygen atoms in total. The fourth-order valence-corrected chi connectivity index (χ4v) is 3.60. The zero-order valence-electron chi connectivity index (χ0n) is 13.5. The molecule has 1 aromatic carbocycles. The van der Waals surface area contributed by atoms with Gasteiger partial charge in [0.1, 0.15) is 11.1 Å². The number of nitrogens with one attached hydrogen (secondary N) is 2. The molecule has 1 saturated carbocycles. The minimum atomic E-state index is -0.403. The number of benzene rings is 1. The molecule has 2 amide bonds. The molecule has 4 rings (SSSR count). The first-order valence-electron chi connectivity index (χ1n) is 8.36. The van der Waals surface area contributed by atoms with E-state index in [1.807, 2.05) is 0 Å². The van der Waals surface area contributed by atoms with E-state index in [9.17, 15) is 9.59 Å². The van der Waals surface area contributed by atoms with Crippen LogP contribution in [0.25, 0.3) is 0 Å². The molecular formula is C17H18N4O3S. The lowest BCUT2D eigenvalue weighted by molar-refractivity contribution is -0.124. The fraction of sp³-hybridized carbons (Fsp3) is 0.412. The van der Waals surface area contributed by atoms with Crippen molar-refractivity contribution in [2.45, 2.75) is 37.7 Å². The summed E-state index contributed by atoms with van der Waals surface area (Å²) in [5.74, 6) is 0.0690. The summed E-state index contributed by atoms with van der Waals surface area (Å²) in [6.07, 6.45) is 3.52. The van der Waals surface area contributed by atoms with Crippen LogP contribution in [-0.4, -0.2) is 34.7 Å². The average Bonchev–Trinajstić information content (AvgIpc) is 3.11. The van der Waals surface area contributed by atoms with Crippen LogP contribution in [0.5, 0.6) is 0 Å². The van der Waals surface area contributed by atoms with Crippen LogP contribution in [0.15, 0.2) is 24.3 Å². The average molecular weight is 358 g/mol. The Kier molecular flexibility index (Phi) is 4.46. The molecule has 1 atom stereocenters. The van der Waals surface area contributed by atoms with E-state index in [1.165, 1.54) is 11.3 Å². The number of hydrogen-bond acceptors (Lipinski definition) is 6. The molecule has 2 fully saturated rings. The van der Waals surface area contributed by atoms with Crippen LogP contribution in [0.1, 0.15) is 47.0 Å². The summed E-state index contributed by atoms with van der Waals surface area (Å²) in [7, 11) is 0. The van der Waals surface area contributed by atoms with Gasteiger partial charge in [0.15, 0.2) is 0 Å². The third-order valence-corrected chi connectivity index (χ3v) is 5.20. The molecule has 0 spiro atoms. The summed E-state index contributed by atoms with van der Waals surface area (Å²) in [4.78, 5) is 24.5. The molecule has 1 saturated heterocycles. The molecule has 2 N–H and O–H groups in total. The quantitative estimate of drug-likeness (QED) is 0.857. The van der Waals surface area contributed by atoms with Gasteiger partial charge in [-0.15, -0.1) is 10.2 Å². The van der Waals surface area contributed by atoms with Gasteiger partial charge in [0.2, 0.25) is 5.13 Å². The largest absolute Gasteiger partial charge is 0.368 e. The minimum absolute atomic E-state index is 0.173. The fourth-order valence-electron chi connectivity index (χ4n) is 2.70. The highest BCUT2D eigenvalue weighted by molar-refractivity contribution is 7.15. The molecule has 2 aromatic rings. The number of anilines is 2. The number of aromatic nitrogens is 2. The Balaban J connectivity index is 1.40. The molecule has 2 aliphatic rings. The van der Waals surface area contributed by atoms with Gasteiger partial charge in [-0.05, 0) is 43.9 Å². The van der Waals surface area contributed by atoms with Gasteiger partial charge in [0.05, 0.1) is 0 Å². The normalized spacial score (nSPS) is 19.6. The smallest absolute Gasteiger partial charge is 0.257 e. The summed E-state index contributed by atoms with van der Waals surface area (Å²) in [6, 6.07) is 6.82. The van der Waals surface area contributed by atoms with E-state index in [0.717, 1.165) is 30.7 Å². The Morgan fingerprint density at radius 3 is 2.80 bits per heavy atom. The molecule has 1 unspecified atom stereocenters. The molecule has 130 valence electrons. The van der Waals surface area contributed by atoms with E-state index < -0.39 is 6.10 Å². The van der Waals surface area contributed by atoms with Crippen molar-refractivity contribution >= 4 is 34.0 Å². The van der Waals surface area contributed by atoms with Crippen LogP contribution in [0, 0.1) is 0 Å². The summed E-state index contributed by atoms with van der Waals surface area (Å²) >= 11 is 1.42. The van der Waals surface area contributed by atoms with Crippen molar-refractivity contribution in [1.82, 2.24) is 10.2 Å². The van der Waals surface area contributed by atoms with Crippen molar-refractivity contribution in [2.24, 2.45) is 0 Å². The molecule has 0 radical (unpaired) electrons. The zero-order valence-corrected chi connectivity index (χ0v) is 14.3. The van der Waals surface area contributed by atoms with Crippen molar-refractivity contribution < 1.29 is 14.3 Å². The highest BCUT2D eigenvalue weighted by Crippen LogP contribution is 2.42. The van der Waals surface area contributed by atoms with Crippen molar-refractivity contribution in [3.63, 3.8) is 0 Å². The Labute approximate surface area is 148 Å². The SMILES string of the molecule is O=C(Nc1nnc(C2CC2)s1)c1cccc(NC(=O)C2CCCO2)c1. The molecular weight excluding hydrogens is 340 g/mol. The number of hydrogen-bond donors (Lipinski definition) is 2. The second-order valence-electron chi connectivity index (χ2n) is 6.25. The molecule has 0 bridgehead atoms. The minimum Gasteiger partial charge on any atom is -0.368 e. The second-order valence-corrected chi connectivity index (χ2v) is 7.25. The van der Waals surface area contributed by atoms with Crippen LogP contribution in [0.4, 0.5) is 10.8 Å². The van der Waals surface area contributed by atoms with Gasteiger partial charge in [-0.2, -0.15) is 0 Å². The van der Waals surface area contributed by atoms with E-state index in [4.69, 9.17) is 4.74 Å². The third kappa shape index (κ3) is 3.85. The summed E-state index contributed by atoms with van der Waals surface area (Å²) in [5.41, 5.74) is 1.03. The van der Waals surface area contributed by atoms with E-state index >= 15 is 0 Å². The van der Waals surface area contributed by atoms with Crippen LogP contribution in [0.3, 0.4) is 0 Å². The maximum Gasteiger partial charge on any atom is 0.257 e. The Morgan fingerprint density at radius 2 is 2.04 bits per heavy atom. The number of nitrogens with zero attached hydrogens (tertiary/aromatic N) is 2. The topological polar surface area (TPSA) is 93.2 Å².